The molecule has 7 heteroatoms. The van der Waals surface area contributed by atoms with Crippen molar-refractivity contribution in [2.75, 3.05) is 11.1 Å². The smallest absolute Gasteiger partial charge is 0.240 e. The number of hydrogen-bond acceptors (Lipinski definition) is 5. The maximum absolute atomic E-state index is 11.8. The number of fused-ring (bicyclic) bond motifs is 1. The highest BCUT2D eigenvalue weighted by Crippen LogP contribution is 2.30. The third kappa shape index (κ3) is 3.29. The molecule has 1 heterocycles. The number of aromatic nitrogens is 2. The Bertz CT molecular complexity index is 926. The van der Waals surface area contributed by atoms with E-state index in [1.807, 2.05) is 18.2 Å². The molecule has 0 spiro atoms. The Morgan fingerprint density at radius 1 is 1.21 bits per heavy atom. The normalized spacial score (nSPS) is 12.1. The van der Waals surface area contributed by atoms with Crippen LogP contribution in [0.1, 0.15) is 6.92 Å². The van der Waals surface area contributed by atoms with Gasteiger partial charge in [0.1, 0.15) is 0 Å². The van der Waals surface area contributed by atoms with Crippen LogP contribution in [-0.4, -0.2) is 21.9 Å². The SMILES string of the molecule is CC(N)C(=O)Nc1cccc(-c2nc(N)nc3ccc(Cl)cc23)c1. The summed E-state index contributed by atoms with van der Waals surface area (Å²) in [5.74, 6) is -0.0907. The average molecular weight is 342 g/mol. The summed E-state index contributed by atoms with van der Waals surface area (Å²) in [4.78, 5) is 20.3. The molecule has 122 valence electrons. The summed E-state index contributed by atoms with van der Waals surface area (Å²) < 4.78 is 0. The quantitative estimate of drug-likeness (QED) is 0.679. The van der Waals surface area contributed by atoms with Crippen molar-refractivity contribution in [3.05, 3.63) is 47.5 Å². The summed E-state index contributed by atoms with van der Waals surface area (Å²) >= 11 is 6.10. The lowest BCUT2D eigenvalue weighted by atomic mass is 10.1. The summed E-state index contributed by atoms with van der Waals surface area (Å²) in [6.45, 7) is 1.62. The fourth-order valence-electron chi connectivity index (χ4n) is 2.34. The lowest BCUT2D eigenvalue weighted by Crippen LogP contribution is -2.32. The van der Waals surface area contributed by atoms with Crippen LogP contribution in [0.5, 0.6) is 0 Å². The molecule has 0 fully saturated rings. The Hall–Kier alpha value is -2.70. The molecular weight excluding hydrogens is 326 g/mol. The van der Waals surface area contributed by atoms with Crippen molar-refractivity contribution in [2.24, 2.45) is 5.73 Å². The highest BCUT2D eigenvalue weighted by Gasteiger charge is 2.12. The Kier molecular flexibility index (Phi) is 4.33. The van der Waals surface area contributed by atoms with Crippen molar-refractivity contribution in [1.29, 1.82) is 0 Å². The van der Waals surface area contributed by atoms with E-state index >= 15 is 0 Å². The molecule has 1 unspecified atom stereocenters. The fraction of sp³-hybridized carbons (Fsp3) is 0.118. The van der Waals surface area contributed by atoms with E-state index < -0.39 is 6.04 Å². The number of carbonyl (C=O) groups is 1. The molecule has 1 aromatic heterocycles. The summed E-state index contributed by atoms with van der Waals surface area (Å²) in [6.07, 6.45) is 0. The van der Waals surface area contributed by atoms with Gasteiger partial charge in [0.2, 0.25) is 11.9 Å². The van der Waals surface area contributed by atoms with Gasteiger partial charge in [-0.3, -0.25) is 4.79 Å². The first-order valence-electron chi connectivity index (χ1n) is 7.33. The monoisotopic (exact) mass is 341 g/mol. The largest absolute Gasteiger partial charge is 0.368 e. The Labute approximate surface area is 143 Å². The Morgan fingerprint density at radius 2 is 2.00 bits per heavy atom. The van der Waals surface area contributed by atoms with Crippen LogP contribution in [0.15, 0.2) is 42.5 Å². The van der Waals surface area contributed by atoms with Gasteiger partial charge in [-0.15, -0.1) is 0 Å². The van der Waals surface area contributed by atoms with Crippen LogP contribution in [-0.2, 0) is 4.79 Å². The van der Waals surface area contributed by atoms with Crippen LogP contribution in [0.25, 0.3) is 22.2 Å². The minimum atomic E-state index is -0.594. The first-order valence-corrected chi connectivity index (χ1v) is 7.71. The number of nitrogens with zero attached hydrogens (tertiary/aromatic N) is 2. The second-order valence-corrected chi connectivity index (χ2v) is 5.89. The van der Waals surface area contributed by atoms with Crippen molar-refractivity contribution < 1.29 is 4.79 Å². The fourth-order valence-corrected chi connectivity index (χ4v) is 2.51. The average Bonchev–Trinajstić information content (AvgIpc) is 2.54. The standard InChI is InChI=1S/C17H16ClN5O/c1-9(19)16(24)21-12-4-2-3-10(7-12)15-13-8-11(18)5-6-14(13)22-17(20)23-15/h2-9H,19H2,1H3,(H,21,24)(H2,20,22,23). The molecule has 0 aliphatic carbocycles. The number of nitrogen functional groups attached to an aromatic ring is 1. The molecule has 2 aromatic carbocycles. The maximum Gasteiger partial charge on any atom is 0.240 e. The molecule has 1 atom stereocenters. The number of hydrogen-bond donors (Lipinski definition) is 3. The molecule has 6 nitrogen and oxygen atoms in total. The number of rotatable bonds is 3. The molecule has 0 saturated carbocycles. The second kappa shape index (κ2) is 6.43. The predicted octanol–water partition coefficient (Wildman–Crippen LogP) is 2.82. The summed E-state index contributed by atoms with van der Waals surface area (Å²) in [6, 6.07) is 12.0. The highest BCUT2D eigenvalue weighted by molar-refractivity contribution is 6.31. The van der Waals surface area contributed by atoms with Gasteiger partial charge in [-0.1, -0.05) is 23.7 Å². The van der Waals surface area contributed by atoms with Crippen LogP contribution in [0.3, 0.4) is 0 Å². The maximum atomic E-state index is 11.8. The molecule has 0 saturated heterocycles. The molecule has 5 N–H and O–H groups in total. The number of halogens is 1. The third-order valence-corrected chi connectivity index (χ3v) is 3.73. The van der Waals surface area contributed by atoms with E-state index in [9.17, 15) is 4.79 Å². The lowest BCUT2D eigenvalue weighted by molar-refractivity contribution is -0.117. The van der Waals surface area contributed by atoms with E-state index in [2.05, 4.69) is 15.3 Å². The zero-order chi connectivity index (χ0) is 17.3. The molecule has 0 bridgehead atoms. The van der Waals surface area contributed by atoms with Gasteiger partial charge in [0.25, 0.3) is 0 Å². The van der Waals surface area contributed by atoms with Gasteiger partial charge in [0.05, 0.1) is 17.3 Å². The van der Waals surface area contributed by atoms with Crippen molar-refractivity contribution in [1.82, 2.24) is 9.97 Å². The number of carbonyl (C=O) groups excluding carboxylic acids is 1. The molecule has 0 aliphatic heterocycles. The van der Waals surface area contributed by atoms with Gasteiger partial charge in [-0.2, -0.15) is 0 Å². The summed E-state index contributed by atoms with van der Waals surface area (Å²) in [7, 11) is 0. The van der Waals surface area contributed by atoms with Crippen LogP contribution in [0, 0.1) is 0 Å². The molecule has 24 heavy (non-hydrogen) atoms. The van der Waals surface area contributed by atoms with E-state index in [1.165, 1.54) is 0 Å². The summed E-state index contributed by atoms with van der Waals surface area (Å²) in [5.41, 5.74) is 14.2. The number of benzene rings is 2. The van der Waals surface area contributed by atoms with Gasteiger partial charge in [0, 0.05) is 21.7 Å². The highest BCUT2D eigenvalue weighted by atomic mass is 35.5. The number of nitrogens with two attached hydrogens (primary N) is 2. The summed E-state index contributed by atoms with van der Waals surface area (Å²) in [5, 5.41) is 4.13. The number of nitrogens with one attached hydrogen (secondary N) is 1. The van der Waals surface area contributed by atoms with Gasteiger partial charge in [-0.25, -0.2) is 9.97 Å². The van der Waals surface area contributed by atoms with Crippen molar-refractivity contribution >= 4 is 40.0 Å². The van der Waals surface area contributed by atoms with Crippen molar-refractivity contribution in [2.45, 2.75) is 13.0 Å². The van der Waals surface area contributed by atoms with Gasteiger partial charge in [-0.05, 0) is 37.3 Å². The molecular formula is C17H16ClN5O. The first kappa shape index (κ1) is 16.2. The number of amides is 1. The van der Waals surface area contributed by atoms with Crippen LogP contribution >= 0.6 is 11.6 Å². The Morgan fingerprint density at radius 3 is 2.75 bits per heavy atom. The van der Waals surface area contributed by atoms with E-state index in [4.69, 9.17) is 23.1 Å². The molecule has 0 aliphatic rings. The van der Waals surface area contributed by atoms with Crippen LogP contribution < -0.4 is 16.8 Å². The predicted molar refractivity (Wildman–Crippen MR) is 96.7 cm³/mol. The second-order valence-electron chi connectivity index (χ2n) is 5.45. The lowest BCUT2D eigenvalue weighted by Gasteiger charge is -2.11. The topological polar surface area (TPSA) is 107 Å². The zero-order valence-corrected chi connectivity index (χ0v) is 13.7. The molecule has 0 radical (unpaired) electrons. The third-order valence-electron chi connectivity index (χ3n) is 3.49. The number of anilines is 2. The van der Waals surface area contributed by atoms with Crippen LogP contribution in [0.2, 0.25) is 5.02 Å². The van der Waals surface area contributed by atoms with E-state index in [0.717, 1.165) is 10.9 Å². The van der Waals surface area contributed by atoms with E-state index in [1.54, 1.807) is 31.2 Å². The first-order chi connectivity index (χ1) is 11.4. The van der Waals surface area contributed by atoms with Crippen molar-refractivity contribution in [3.8, 4) is 11.3 Å². The Balaban J connectivity index is 2.10. The molecule has 1 amide bonds. The van der Waals surface area contributed by atoms with E-state index in [0.29, 0.717) is 21.9 Å². The molecule has 3 aromatic rings. The van der Waals surface area contributed by atoms with Gasteiger partial charge < -0.3 is 16.8 Å². The van der Waals surface area contributed by atoms with Gasteiger partial charge >= 0.3 is 0 Å². The van der Waals surface area contributed by atoms with E-state index in [-0.39, 0.29) is 11.9 Å². The van der Waals surface area contributed by atoms with Crippen LogP contribution in [0.4, 0.5) is 11.6 Å². The minimum absolute atomic E-state index is 0.171. The van der Waals surface area contributed by atoms with Gasteiger partial charge in [0.15, 0.2) is 0 Å². The minimum Gasteiger partial charge on any atom is -0.368 e. The van der Waals surface area contributed by atoms with Crippen molar-refractivity contribution in [3.63, 3.8) is 0 Å². The zero-order valence-electron chi connectivity index (χ0n) is 13.0. The molecule has 3 rings (SSSR count).